The molecule has 0 radical (unpaired) electrons. The molecular weight excluding hydrogens is 569 g/mol. The summed E-state index contributed by atoms with van der Waals surface area (Å²) < 4.78 is 48.4. The summed E-state index contributed by atoms with van der Waals surface area (Å²) in [4.78, 5) is 29.3. The van der Waals surface area contributed by atoms with Gasteiger partial charge in [0, 0.05) is 12.6 Å². The van der Waals surface area contributed by atoms with Crippen molar-refractivity contribution in [1.29, 1.82) is 0 Å². The predicted octanol–water partition coefficient (Wildman–Crippen LogP) is 5.59. The number of nitrogens with zero attached hydrogens (tertiary/aromatic N) is 2. The summed E-state index contributed by atoms with van der Waals surface area (Å²) >= 11 is 0. The molecule has 1 N–H and O–H groups in total. The van der Waals surface area contributed by atoms with Crippen molar-refractivity contribution in [3.63, 3.8) is 0 Å². The second-order valence-corrected chi connectivity index (χ2v) is 12.8. The fourth-order valence-electron chi connectivity index (χ4n) is 5.44. The van der Waals surface area contributed by atoms with Crippen LogP contribution in [0, 0.1) is 12.7 Å². The number of halogens is 1. The van der Waals surface area contributed by atoms with Gasteiger partial charge in [-0.05, 0) is 68.1 Å². The minimum Gasteiger partial charge on any atom is -0.495 e. The first-order chi connectivity index (χ1) is 20.6. The number of sulfonamides is 1. The summed E-state index contributed by atoms with van der Waals surface area (Å²) in [5, 5.41) is 3.12. The molecular formula is C33H40FN3O5S. The first kappa shape index (κ1) is 32.0. The monoisotopic (exact) mass is 609 g/mol. The van der Waals surface area contributed by atoms with Gasteiger partial charge in [-0.15, -0.1) is 0 Å². The number of carbonyl (C=O) groups is 2. The van der Waals surface area contributed by atoms with Crippen LogP contribution in [-0.2, 0) is 26.2 Å². The Balaban J connectivity index is 1.73. The third kappa shape index (κ3) is 7.93. The molecule has 1 saturated carbocycles. The summed E-state index contributed by atoms with van der Waals surface area (Å²) in [6.45, 7) is 3.09. The zero-order chi connectivity index (χ0) is 31.0. The van der Waals surface area contributed by atoms with E-state index in [1.165, 1.54) is 36.3 Å². The van der Waals surface area contributed by atoms with Crippen molar-refractivity contribution in [2.45, 2.75) is 75.9 Å². The summed E-state index contributed by atoms with van der Waals surface area (Å²) in [6, 6.07) is 17.9. The van der Waals surface area contributed by atoms with E-state index in [0.717, 1.165) is 42.0 Å². The molecule has 2 amide bonds. The minimum absolute atomic E-state index is 0.0000502. The molecule has 1 fully saturated rings. The molecule has 3 aromatic carbocycles. The Morgan fingerprint density at radius 2 is 1.63 bits per heavy atom. The molecule has 1 atom stereocenters. The largest absolute Gasteiger partial charge is 0.495 e. The van der Waals surface area contributed by atoms with Gasteiger partial charge in [0.15, 0.2) is 0 Å². The van der Waals surface area contributed by atoms with Crippen LogP contribution in [0.3, 0.4) is 0 Å². The van der Waals surface area contributed by atoms with Crippen LogP contribution in [0.25, 0.3) is 0 Å². The van der Waals surface area contributed by atoms with Crippen molar-refractivity contribution in [3.05, 3.63) is 89.7 Å². The molecule has 3 aromatic rings. The zero-order valence-electron chi connectivity index (χ0n) is 25.0. The molecule has 0 heterocycles. The zero-order valence-corrected chi connectivity index (χ0v) is 25.8. The second kappa shape index (κ2) is 14.5. The van der Waals surface area contributed by atoms with Gasteiger partial charge in [-0.1, -0.05) is 68.1 Å². The highest BCUT2D eigenvalue weighted by Gasteiger charge is 2.35. The number of rotatable bonds is 12. The lowest BCUT2D eigenvalue weighted by Crippen LogP contribution is -2.54. The molecule has 0 spiro atoms. The number of methoxy groups -OCH3 is 1. The van der Waals surface area contributed by atoms with Gasteiger partial charge in [0.25, 0.3) is 10.0 Å². The summed E-state index contributed by atoms with van der Waals surface area (Å²) in [5.74, 6) is -1.000. The number of anilines is 1. The molecule has 0 saturated heterocycles. The normalized spacial score (nSPS) is 14.5. The molecule has 230 valence electrons. The van der Waals surface area contributed by atoms with Crippen molar-refractivity contribution in [3.8, 4) is 5.75 Å². The van der Waals surface area contributed by atoms with Crippen molar-refractivity contribution in [2.24, 2.45) is 0 Å². The van der Waals surface area contributed by atoms with Crippen molar-refractivity contribution < 1.29 is 27.1 Å². The summed E-state index contributed by atoms with van der Waals surface area (Å²) in [7, 11) is -2.80. The van der Waals surface area contributed by atoms with Crippen LogP contribution >= 0.6 is 0 Å². The number of hydrogen-bond donors (Lipinski definition) is 1. The molecule has 4 rings (SSSR count). The van der Waals surface area contributed by atoms with Crippen molar-refractivity contribution in [1.82, 2.24) is 10.2 Å². The molecule has 0 bridgehead atoms. The van der Waals surface area contributed by atoms with Crippen LogP contribution in [0.2, 0.25) is 0 Å². The Kier molecular flexibility index (Phi) is 10.8. The lowest BCUT2D eigenvalue weighted by atomic mass is 9.95. The number of amides is 2. The molecule has 8 nitrogen and oxygen atoms in total. The van der Waals surface area contributed by atoms with E-state index in [-0.39, 0.29) is 34.8 Å². The highest BCUT2D eigenvalue weighted by atomic mass is 32.2. The van der Waals surface area contributed by atoms with E-state index in [2.05, 4.69) is 5.32 Å². The third-order valence-corrected chi connectivity index (χ3v) is 9.62. The fraction of sp³-hybridized carbons (Fsp3) is 0.394. The van der Waals surface area contributed by atoms with E-state index in [1.807, 2.05) is 13.8 Å². The van der Waals surface area contributed by atoms with Gasteiger partial charge in [-0.25, -0.2) is 12.8 Å². The standard InChI is InChI=1S/C33H40FN3O5S/c1-4-29(33(39)35-27-10-6-5-7-11-27)36(22-25-16-18-26(34)19-17-25)32(38)23-37(30-12-8-9-13-31(30)42-3)43(40,41)28-20-14-24(2)15-21-28/h8-9,12-21,27,29H,4-7,10-11,22-23H2,1-3H3,(H,35,39)/t29-/m0/s1. The number of carbonyl (C=O) groups excluding carboxylic acids is 2. The van der Waals surface area contributed by atoms with Gasteiger partial charge >= 0.3 is 0 Å². The number of nitrogens with one attached hydrogen (secondary N) is 1. The molecule has 0 aromatic heterocycles. The molecule has 0 aliphatic heterocycles. The molecule has 1 aliphatic rings. The lowest BCUT2D eigenvalue weighted by Gasteiger charge is -2.34. The van der Waals surface area contributed by atoms with Gasteiger partial charge in [0.1, 0.15) is 24.2 Å². The van der Waals surface area contributed by atoms with Crippen LogP contribution in [0.4, 0.5) is 10.1 Å². The Morgan fingerprint density at radius 1 is 0.977 bits per heavy atom. The van der Waals surface area contributed by atoms with E-state index in [0.29, 0.717) is 12.0 Å². The molecule has 0 unspecified atom stereocenters. The third-order valence-electron chi connectivity index (χ3n) is 7.85. The first-order valence-electron chi connectivity index (χ1n) is 14.7. The number of benzene rings is 3. The Labute approximate surface area is 253 Å². The van der Waals surface area contributed by atoms with Crippen LogP contribution in [-0.4, -0.2) is 50.9 Å². The number of ether oxygens (including phenoxy) is 1. The van der Waals surface area contributed by atoms with E-state index >= 15 is 0 Å². The van der Waals surface area contributed by atoms with Gasteiger partial charge in [0.05, 0.1) is 17.7 Å². The van der Waals surface area contributed by atoms with Crippen LogP contribution in [0.1, 0.15) is 56.6 Å². The summed E-state index contributed by atoms with van der Waals surface area (Å²) in [5.41, 5.74) is 1.70. The highest BCUT2D eigenvalue weighted by molar-refractivity contribution is 7.92. The topological polar surface area (TPSA) is 96.0 Å². The van der Waals surface area contributed by atoms with Crippen LogP contribution < -0.4 is 14.4 Å². The Morgan fingerprint density at radius 3 is 2.26 bits per heavy atom. The summed E-state index contributed by atoms with van der Waals surface area (Å²) in [6.07, 6.45) is 5.27. The van der Waals surface area contributed by atoms with Gasteiger partial charge in [-0.2, -0.15) is 0 Å². The SMILES string of the molecule is CC[C@@H](C(=O)NC1CCCCC1)N(Cc1ccc(F)cc1)C(=O)CN(c1ccccc1OC)S(=O)(=O)c1ccc(C)cc1. The number of hydrogen-bond acceptors (Lipinski definition) is 5. The lowest BCUT2D eigenvalue weighted by molar-refractivity contribution is -0.140. The Hall–Kier alpha value is -3.92. The maximum atomic E-state index is 14.3. The highest BCUT2D eigenvalue weighted by Crippen LogP contribution is 2.33. The van der Waals surface area contributed by atoms with E-state index in [9.17, 15) is 22.4 Å². The fourth-order valence-corrected chi connectivity index (χ4v) is 6.86. The van der Waals surface area contributed by atoms with E-state index in [1.54, 1.807) is 48.5 Å². The smallest absolute Gasteiger partial charge is 0.264 e. The van der Waals surface area contributed by atoms with Crippen LogP contribution in [0.5, 0.6) is 5.75 Å². The van der Waals surface area contributed by atoms with Gasteiger partial charge < -0.3 is 15.0 Å². The maximum absolute atomic E-state index is 14.3. The van der Waals surface area contributed by atoms with E-state index < -0.39 is 34.3 Å². The minimum atomic E-state index is -4.23. The average Bonchev–Trinajstić information content (AvgIpc) is 3.01. The molecule has 1 aliphatic carbocycles. The molecule has 10 heteroatoms. The van der Waals surface area contributed by atoms with Crippen LogP contribution in [0.15, 0.2) is 77.7 Å². The average molecular weight is 610 g/mol. The number of para-hydroxylation sites is 2. The van der Waals surface area contributed by atoms with Gasteiger partial charge in [-0.3, -0.25) is 13.9 Å². The van der Waals surface area contributed by atoms with Gasteiger partial charge in [0.2, 0.25) is 11.8 Å². The maximum Gasteiger partial charge on any atom is 0.264 e. The first-order valence-corrected chi connectivity index (χ1v) is 16.1. The van der Waals surface area contributed by atoms with Crippen molar-refractivity contribution in [2.75, 3.05) is 18.0 Å². The number of aryl methyl sites for hydroxylation is 1. The quantitative estimate of drug-likeness (QED) is 0.289. The molecule has 43 heavy (non-hydrogen) atoms. The second-order valence-electron chi connectivity index (χ2n) is 10.9. The predicted molar refractivity (Wildman–Crippen MR) is 165 cm³/mol. The van der Waals surface area contributed by atoms with Crippen molar-refractivity contribution >= 4 is 27.5 Å². The van der Waals surface area contributed by atoms with E-state index in [4.69, 9.17) is 4.74 Å². The Bertz CT molecular complexity index is 1490.